The zero-order chi connectivity index (χ0) is 29.2. The molecule has 0 aliphatic rings. The number of carbonyl (C=O) groups is 2. The summed E-state index contributed by atoms with van der Waals surface area (Å²) in [4.78, 5) is 29.9. The number of Topliss-reactive ketones (excluding diaryl/α,β-unsaturated/α-hetero) is 1. The lowest BCUT2D eigenvalue weighted by atomic mass is 9.94. The summed E-state index contributed by atoms with van der Waals surface area (Å²) in [6.07, 6.45) is -6.55. The Morgan fingerprint density at radius 3 is 2.38 bits per heavy atom. The van der Waals surface area contributed by atoms with Crippen LogP contribution in [0.3, 0.4) is 0 Å². The molecule has 2 heterocycles. The molecule has 2 aromatic heterocycles. The molecule has 0 fully saturated rings. The van der Waals surface area contributed by atoms with Crippen LogP contribution < -0.4 is 5.32 Å². The number of furan rings is 1. The van der Waals surface area contributed by atoms with Gasteiger partial charge in [-0.2, -0.15) is 18.4 Å². The predicted molar refractivity (Wildman–Crippen MR) is 136 cm³/mol. The Balaban J connectivity index is 1.96. The van der Waals surface area contributed by atoms with Gasteiger partial charge in [-0.25, -0.2) is 13.8 Å². The van der Waals surface area contributed by atoms with Crippen LogP contribution in [0, 0.1) is 28.9 Å². The van der Waals surface area contributed by atoms with Gasteiger partial charge in [-0.3, -0.25) is 9.59 Å². The molecule has 0 bridgehead atoms. The number of aryl methyl sites for hydroxylation is 1. The first-order valence-corrected chi connectivity index (χ1v) is 12.2. The van der Waals surface area contributed by atoms with Crippen LogP contribution in [0.15, 0.2) is 52.9 Å². The summed E-state index contributed by atoms with van der Waals surface area (Å²) in [5.74, 6) is -3.26. The first kappa shape index (κ1) is 28.4. The fourth-order valence-corrected chi connectivity index (χ4v) is 4.26. The molecule has 0 radical (unpaired) electrons. The first-order chi connectivity index (χ1) is 18.9. The number of nitrogens with zero attached hydrogens (tertiary/aromatic N) is 2. The average Bonchev–Trinajstić information content (AvgIpc) is 3.29. The number of carbonyl (C=O) groups excluding carboxylic acids is 2. The summed E-state index contributed by atoms with van der Waals surface area (Å²) < 4.78 is 73.5. The number of pyridine rings is 1. The highest BCUT2D eigenvalue weighted by molar-refractivity contribution is 6.11. The van der Waals surface area contributed by atoms with Crippen molar-refractivity contribution in [2.24, 2.45) is 5.92 Å². The van der Waals surface area contributed by atoms with Gasteiger partial charge in [0.1, 0.15) is 17.4 Å². The monoisotopic (exact) mass is 555 g/mol. The van der Waals surface area contributed by atoms with Crippen molar-refractivity contribution < 1.29 is 36.0 Å². The highest BCUT2D eigenvalue weighted by Gasteiger charge is 2.29. The second-order valence-corrected chi connectivity index (χ2v) is 9.19. The molecular formula is C29H22F5N3O3. The number of ketones is 1. The maximum absolute atomic E-state index is 14.6. The van der Waals surface area contributed by atoms with Crippen molar-refractivity contribution in [3.63, 3.8) is 0 Å². The Morgan fingerprint density at radius 1 is 1.07 bits per heavy atom. The zero-order valence-corrected chi connectivity index (χ0v) is 21.3. The molecule has 1 amide bonds. The largest absolute Gasteiger partial charge is 0.437 e. The summed E-state index contributed by atoms with van der Waals surface area (Å²) >= 11 is 0. The van der Waals surface area contributed by atoms with E-state index >= 15 is 0 Å². The molecule has 6 nitrogen and oxygen atoms in total. The second-order valence-electron chi connectivity index (χ2n) is 9.19. The van der Waals surface area contributed by atoms with Crippen LogP contribution in [-0.4, -0.2) is 29.9 Å². The molecule has 0 spiro atoms. The Kier molecular flexibility index (Phi) is 8.00. The molecule has 1 atom stereocenters. The molecule has 2 aromatic carbocycles. The molecule has 4 aromatic rings. The number of hydrogen-bond donors (Lipinski definition) is 1. The lowest BCUT2D eigenvalue weighted by Crippen LogP contribution is -2.18. The van der Waals surface area contributed by atoms with Crippen molar-refractivity contribution in [1.29, 1.82) is 5.26 Å². The van der Waals surface area contributed by atoms with Crippen molar-refractivity contribution in [3.05, 3.63) is 77.0 Å². The Hall–Kier alpha value is -4.59. The van der Waals surface area contributed by atoms with Crippen LogP contribution in [0.5, 0.6) is 0 Å². The van der Waals surface area contributed by atoms with Crippen molar-refractivity contribution in [2.45, 2.75) is 32.4 Å². The topological polar surface area (TPSA) is 96.0 Å². The number of nitriles is 1. The van der Waals surface area contributed by atoms with E-state index < -0.39 is 48.3 Å². The highest BCUT2D eigenvalue weighted by atomic mass is 19.4. The van der Waals surface area contributed by atoms with Gasteiger partial charge < -0.3 is 9.73 Å². The van der Waals surface area contributed by atoms with E-state index in [1.807, 2.05) is 6.07 Å². The molecular weight excluding hydrogens is 533 g/mol. The number of halogens is 5. The van der Waals surface area contributed by atoms with Crippen LogP contribution >= 0.6 is 0 Å². The summed E-state index contributed by atoms with van der Waals surface area (Å²) in [5.41, 5.74) is 0.165. The molecule has 40 heavy (non-hydrogen) atoms. The third-order valence-corrected chi connectivity index (χ3v) is 6.26. The first-order valence-electron chi connectivity index (χ1n) is 12.2. The summed E-state index contributed by atoms with van der Waals surface area (Å²) in [5, 5.41) is 11.7. The lowest BCUT2D eigenvalue weighted by molar-refractivity contribution is -0.134. The maximum atomic E-state index is 14.6. The normalized spacial score (nSPS) is 12.2. The second kappa shape index (κ2) is 11.3. The average molecular weight is 556 g/mol. The van der Waals surface area contributed by atoms with Gasteiger partial charge in [-0.15, -0.1) is 0 Å². The van der Waals surface area contributed by atoms with E-state index in [-0.39, 0.29) is 51.2 Å². The molecule has 0 saturated carbocycles. The number of rotatable bonds is 8. The van der Waals surface area contributed by atoms with Gasteiger partial charge >= 0.3 is 6.18 Å². The number of hydrogen-bond acceptors (Lipinski definition) is 5. The number of benzene rings is 2. The molecule has 4 rings (SSSR count). The molecule has 206 valence electrons. The number of nitrogens with one attached hydrogen (secondary N) is 1. The van der Waals surface area contributed by atoms with E-state index in [2.05, 4.69) is 10.3 Å². The fraction of sp³-hybridized carbons (Fsp3) is 0.241. The summed E-state index contributed by atoms with van der Waals surface area (Å²) in [6, 6.07) is 11.9. The van der Waals surface area contributed by atoms with E-state index in [9.17, 15) is 31.5 Å². The SMILES string of the molecule is CNC(=O)c1c(-c2ccc(F)cc2)oc2nc(CCC(F)(F)F)c(-c3ccc(F)c(C(=O)CC(C)C#N)c3)cc12. The van der Waals surface area contributed by atoms with Crippen LogP contribution in [0.2, 0.25) is 0 Å². The van der Waals surface area contributed by atoms with Gasteiger partial charge in [0, 0.05) is 31.0 Å². The van der Waals surface area contributed by atoms with Gasteiger partial charge in [-0.05, 0) is 61.4 Å². The standard InChI is InChI=1S/C29H22F5N3O3/c1-15(14-35)11-24(38)20-12-17(5-8-22(20)31)19-13-21-25(27(39)36-2)26(16-3-6-18(30)7-4-16)40-28(21)37-23(19)9-10-29(32,33)34/h3-8,12-13,15H,9-11H2,1-2H3,(H,36,39). The van der Waals surface area contributed by atoms with Crippen molar-refractivity contribution in [2.75, 3.05) is 7.05 Å². The van der Waals surface area contributed by atoms with Crippen molar-refractivity contribution >= 4 is 22.8 Å². The molecule has 11 heteroatoms. The summed E-state index contributed by atoms with van der Waals surface area (Å²) in [7, 11) is 1.38. The molecule has 0 saturated heterocycles. The van der Waals surface area contributed by atoms with Gasteiger partial charge in [0.15, 0.2) is 5.78 Å². The van der Waals surface area contributed by atoms with Crippen LogP contribution in [0.25, 0.3) is 33.6 Å². The molecule has 1 N–H and O–H groups in total. The van der Waals surface area contributed by atoms with Crippen LogP contribution in [-0.2, 0) is 6.42 Å². The zero-order valence-electron chi connectivity index (χ0n) is 21.3. The lowest BCUT2D eigenvalue weighted by Gasteiger charge is -2.13. The number of fused-ring (bicyclic) bond motifs is 1. The van der Waals surface area contributed by atoms with E-state index in [1.165, 1.54) is 44.3 Å². The Bertz CT molecular complexity index is 1640. The van der Waals surface area contributed by atoms with E-state index in [1.54, 1.807) is 0 Å². The van der Waals surface area contributed by atoms with Crippen LogP contribution in [0.1, 0.15) is 46.2 Å². The minimum Gasteiger partial charge on any atom is -0.437 e. The minimum absolute atomic E-state index is 0.0153. The highest BCUT2D eigenvalue weighted by Crippen LogP contribution is 2.38. The fourth-order valence-electron chi connectivity index (χ4n) is 4.26. The minimum atomic E-state index is -4.51. The number of aromatic nitrogens is 1. The predicted octanol–water partition coefficient (Wildman–Crippen LogP) is 7.03. The Labute approximate surface area is 225 Å². The molecule has 1 unspecified atom stereocenters. The van der Waals surface area contributed by atoms with E-state index in [0.29, 0.717) is 5.56 Å². The number of amides is 1. The third kappa shape index (κ3) is 6.01. The van der Waals surface area contributed by atoms with Crippen molar-refractivity contribution in [3.8, 4) is 28.5 Å². The van der Waals surface area contributed by atoms with Crippen LogP contribution in [0.4, 0.5) is 22.0 Å². The van der Waals surface area contributed by atoms with Gasteiger partial charge in [0.2, 0.25) is 5.71 Å². The summed E-state index contributed by atoms with van der Waals surface area (Å²) in [6.45, 7) is 1.50. The van der Waals surface area contributed by atoms with Gasteiger partial charge in [-0.1, -0.05) is 6.07 Å². The quantitative estimate of drug-likeness (QED) is 0.186. The maximum Gasteiger partial charge on any atom is 0.389 e. The molecule has 0 aliphatic heterocycles. The third-order valence-electron chi connectivity index (χ3n) is 6.26. The molecule has 0 aliphatic carbocycles. The van der Waals surface area contributed by atoms with E-state index in [0.717, 1.165) is 18.2 Å². The van der Waals surface area contributed by atoms with Gasteiger partial charge in [0.05, 0.1) is 34.2 Å². The number of alkyl halides is 3. The van der Waals surface area contributed by atoms with Gasteiger partial charge in [0.25, 0.3) is 5.91 Å². The smallest absolute Gasteiger partial charge is 0.389 e. The van der Waals surface area contributed by atoms with Crippen molar-refractivity contribution in [1.82, 2.24) is 10.3 Å². The van der Waals surface area contributed by atoms with E-state index in [4.69, 9.17) is 9.68 Å². The Morgan fingerprint density at radius 2 is 1.75 bits per heavy atom.